The van der Waals surface area contributed by atoms with Crippen LogP contribution in [0.1, 0.15) is 50.7 Å². The first-order valence-corrected chi connectivity index (χ1v) is 10.4. The molecule has 162 valence electrons. The summed E-state index contributed by atoms with van der Waals surface area (Å²) in [5.74, 6) is -0.747. The molecule has 3 rings (SSSR count). The van der Waals surface area contributed by atoms with Gasteiger partial charge in [0.25, 0.3) is 0 Å². The van der Waals surface area contributed by atoms with Gasteiger partial charge in [0.15, 0.2) is 5.82 Å². The summed E-state index contributed by atoms with van der Waals surface area (Å²) >= 11 is 0. The molecule has 1 aliphatic rings. The fourth-order valence-electron chi connectivity index (χ4n) is 3.84. The van der Waals surface area contributed by atoms with Crippen molar-refractivity contribution < 1.29 is 18.4 Å². The summed E-state index contributed by atoms with van der Waals surface area (Å²) < 4.78 is 29.4. The van der Waals surface area contributed by atoms with Crippen LogP contribution in [0.5, 0.6) is 0 Å². The minimum absolute atomic E-state index is 0.0621. The fourth-order valence-corrected chi connectivity index (χ4v) is 3.84. The van der Waals surface area contributed by atoms with Gasteiger partial charge >= 0.3 is 0 Å². The van der Waals surface area contributed by atoms with E-state index in [4.69, 9.17) is 0 Å². The maximum Gasteiger partial charge on any atom is 0.242 e. The van der Waals surface area contributed by atoms with Crippen molar-refractivity contribution in [3.8, 4) is 0 Å². The zero-order valence-corrected chi connectivity index (χ0v) is 17.4. The number of nitrogens with one attached hydrogen (secondary N) is 2. The monoisotopic (exact) mass is 418 g/mol. The minimum Gasteiger partial charge on any atom is -0.335 e. The van der Waals surface area contributed by atoms with Crippen molar-refractivity contribution in [2.75, 3.05) is 5.32 Å². The van der Waals surface area contributed by atoms with Crippen molar-refractivity contribution in [2.24, 2.45) is 0 Å². The molecule has 1 heterocycles. The standard InChI is InChI=1S/C22H28F2N4O2/c1-3-4-20(22(30)27-21-12-28(13-25-21)8-7-14(2)29)26-17-6-5-15-9-16(23)10-19(24)18(15)11-17/h9-10,12-13,17,20,26H,3-8,11H2,1-2H3,(H,27,30). The van der Waals surface area contributed by atoms with E-state index in [0.29, 0.717) is 55.6 Å². The lowest BCUT2D eigenvalue weighted by atomic mass is 9.87. The number of aromatic nitrogens is 2. The number of amides is 1. The predicted octanol–water partition coefficient (Wildman–Crippen LogP) is 3.39. The molecule has 2 aromatic rings. The smallest absolute Gasteiger partial charge is 0.242 e. The number of ketones is 1. The zero-order valence-electron chi connectivity index (χ0n) is 17.4. The van der Waals surface area contributed by atoms with E-state index in [0.717, 1.165) is 12.5 Å². The van der Waals surface area contributed by atoms with Crippen molar-refractivity contribution in [1.82, 2.24) is 14.9 Å². The third kappa shape index (κ3) is 5.72. The highest BCUT2D eigenvalue weighted by atomic mass is 19.1. The number of anilines is 1. The second kappa shape index (κ2) is 9.93. The quantitative estimate of drug-likeness (QED) is 0.655. The van der Waals surface area contributed by atoms with Crippen LogP contribution in [0.4, 0.5) is 14.6 Å². The molecule has 1 aromatic carbocycles. The fraction of sp³-hybridized carbons (Fsp3) is 0.500. The first kappa shape index (κ1) is 22.1. The molecule has 6 nitrogen and oxygen atoms in total. The van der Waals surface area contributed by atoms with E-state index in [1.165, 1.54) is 13.0 Å². The Bertz CT molecular complexity index is 913. The number of hydrogen-bond acceptors (Lipinski definition) is 4. The average Bonchev–Trinajstić information content (AvgIpc) is 3.13. The molecule has 8 heteroatoms. The second-order valence-electron chi connectivity index (χ2n) is 7.91. The number of Topliss-reactive ketones (excluding diaryl/α,β-unsaturated/α-hetero) is 1. The molecular weight excluding hydrogens is 390 g/mol. The number of benzene rings is 1. The number of imidazole rings is 1. The Hall–Kier alpha value is -2.61. The number of carbonyl (C=O) groups excluding carboxylic acids is 2. The number of nitrogens with zero attached hydrogens (tertiary/aromatic N) is 2. The normalized spacial score (nSPS) is 16.7. The number of halogens is 2. The summed E-state index contributed by atoms with van der Waals surface area (Å²) in [6, 6.07) is 1.81. The highest BCUT2D eigenvalue weighted by Gasteiger charge is 2.27. The van der Waals surface area contributed by atoms with E-state index in [1.54, 1.807) is 17.1 Å². The molecule has 0 saturated carbocycles. The van der Waals surface area contributed by atoms with Gasteiger partial charge in [-0.15, -0.1) is 0 Å². The first-order chi connectivity index (χ1) is 14.4. The summed E-state index contributed by atoms with van der Waals surface area (Å²) in [4.78, 5) is 28.1. The topological polar surface area (TPSA) is 76.0 Å². The minimum atomic E-state index is -0.552. The van der Waals surface area contributed by atoms with Gasteiger partial charge in [-0.25, -0.2) is 13.8 Å². The summed E-state index contributed by atoms with van der Waals surface area (Å²) in [5, 5.41) is 6.18. The lowest BCUT2D eigenvalue weighted by Gasteiger charge is -2.29. The number of carbonyl (C=O) groups is 2. The Labute approximate surface area is 175 Å². The van der Waals surface area contributed by atoms with Gasteiger partial charge in [-0.3, -0.25) is 9.59 Å². The third-order valence-corrected chi connectivity index (χ3v) is 5.40. The van der Waals surface area contributed by atoms with Crippen LogP contribution in [0.2, 0.25) is 0 Å². The number of fused-ring (bicyclic) bond motifs is 1. The maximum absolute atomic E-state index is 14.2. The van der Waals surface area contributed by atoms with Crippen LogP contribution in [0.15, 0.2) is 24.7 Å². The Morgan fingerprint density at radius 1 is 1.33 bits per heavy atom. The molecule has 30 heavy (non-hydrogen) atoms. The van der Waals surface area contributed by atoms with Crippen molar-refractivity contribution >= 4 is 17.5 Å². The molecule has 0 saturated heterocycles. The number of aryl methyl sites for hydroxylation is 2. The SMILES string of the molecule is CCCC(NC1CCc2cc(F)cc(F)c2C1)C(=O)Nc1cn(CCC(C)=O)cn1. The van der Waals surface area contributed by atoms with Gasteiger partial charge in [-0.05, 0) is 49.8 Å². The van der Waals surface area contributed by atoms with E-state index >= 15 is 0 Å². The Kier molecular flexibility index (Phi) is 7.31. The van der Waals surface area contributed by atoms with Gasteiger partial charge in [-0.1, -0.05) is 13.3 Å². The maximum atomic E-state index is 14.2. The number of rotatable bonds is 9. The third-order valence-electron chi connectivity index (χ3n) is 5.40. The van der Waals surface area contributed by atoms with Crippen LogP contribution in [0, 0.1) is 11.6 Å². The van der Waals surface area contributed by atoms with Crippen LogP contribution < -0.4 is 10.6 Å². The Morgan fingerprint density at radius 2 is 2.13 bits per heavy atom. The van der Waals surface area contributed by atoms with Crippen LogP contribution >= 0.6 is 0 Å². The Balaban J connectivity index is 1.61. The molecule has 0 aliphatic heterocycles. The van der Waals surface area contributed by atoms with Gasteiger partial charge in [0, 0.05) is 31.3 Å². The van der Waals surface area contributed by atoms with Gasteiger partial charge in [0.2, 0.25) is 5.91 Å². The predicted molar refractivity (Wildman–Crippen MR) is 110 cm³/mol. The van der Waals surface area contributed by atoms with Crippen molar-refractivity contribution in [3.05, 3.63) is 47.4 Å². The number of hydrogen-bond donors (Lipinski definition) is 2. The van der Waals surface area contributed by atoms with Gasteiger partial charge in [-0.2, -0.15) is 0 Å². The zero-order chi connectivity index (χ0) is 21.7. The van der Waals surface area contributed by atoms with Crippen LogP contribution in [0.3, 0.4) is 0 Å². The van der Waals surface area contributed by atoms with Gasteiger partial charge in [0.05, 0.1) is 12.4 Å². The molecule has 0 spiro atoms. The summed E-state index contributed by atoms with van der Waals surface area (Å²) in [6.45, 7) is 4.05. The molecule has 0 fully saturated rings. The first-order valence-electron chi connectivity index (χ1n) is 10.4. The van der Waals surface area contributed by atoms with Crippen LogP contribution in [-0.4, -0.2) is 33.3 Å². The van der Waals surface area contributed by atoms with E-state index in [9.17, 15) is 18.4 Å². The lowest BCUT2D eigenvalue weighted by Crippen LogP contribution is -2.48. The van der Waals surface area contributed by atoms with Crippen molar-refractivity contribution in [1.29, 1.82) is 0 Å². The highest BCUT2D eigenvalue weighted by molar-refractivity contribution is 5.94. The van der Waals surface area contributed by atoms with Crippen LogP contribution in [0.25, 0.3) is 0 Å². The summed E-state index contributed by atoms with van der Waals surface area (Å²) in [6.07, 6.45) is 6.84. The molecule has 2 atom stereocenters. The highest BCUT2D eigenvalue weighted by Crippen LogP contribution is 2.25. The average molecular weight is 418 g/mol. The molecular formula is C22H28F2N4O2. The molecule has 1 aliphatic carbocycles. The molecule has 2 unspecified atom stereocenters. The van der Waals surface area contributed by atoms with E-state index < -0.39 is 17.7 Å². The second-order valence-corrected chi connectivity index (χ2v) is 7.91. The van der Waals surface area contributed by atoms with Gasteiger partial charge < -0.3 is 15.2 Å². The molecule has 1 amide bonds. The molecule has 0 bridgehead atoms. The van der Waals surface area contributed by atoms with E-state index in [-0.39, 0.29) is 17.7 Å². The molecule has 0 radical (unpaired) electrons. The molecule has 2 N–H and O–H groups in total. The summed E-state index contributed by atoms with van der Waals surface area (Å²) in [5.41, 5.74) is 1.23. The van der Waals surface area contributed by atoms with Crippen LogP contribution in [-0.2, 0) is 29.0 Å². The van der Waals surface area contributed by atoms with E-state index in [2.05, 4.69) is 15.6 Å². The molecule has 1 aromatic heterocycles. The van der Waals surface area contributed by atoms with Crippen molar-refractivity contribution in [2.45, 2.75) is 71.0 Å². The van der Waals surface area contributed by atoms with Gasteiger partial charge in [0.1, 0.15) is 17.4 Å². The summed E-state index contributed by atoms with van der Waals surface area (Å²) in [7, 11) is 0. The van der Waals surface area contributed by atoms with E-state index in [1.807, 2.05) is 6.92 Å². The Morgan fingerprint density at radius 3 is 2.87 bits per heavy atom. The largest absolute Gasteiger partial charge is 0.335 e. The van der Waals surface area contributed by atoms with Crippen molar-refractivity contribution in [3.63, 3.8) is 0 Å². The lowest BCUT2D eigenvalue weighted by molar-refractivity contribution is -0.119.